The normalized spacial score (nSPS) is 11.6. The molecule has 3 N–H and O–H groups in total. The van der Waals surface area contributed by atoms with Gasteiger partial charge in [0, 0.05) is 12.2 Å². The van der Waals surface area contributed by atoms with Gasteiger partial charge in [0.1, 0.15) is 5.82 Å². The van der Waals surface area contributed by atoms with Crippen molar-refractivity contribution in [3.8, 4) is 0 Å². The van der Waals surface area contributed by atoms with E-state index in [1.807, 2.05) is 18.2 Å². The number of benzene rings is 2. The molecular weight excluding hydrogens is 311 g/mol. The molecule has 0 heterocycles. The summed E-state index contributed by atoms with van der Waals surface area (Å²) in [5, 5.41) is 14.7. The first-order chi connectivity index (χ1) is 11.5. The summed E-state index contributed by atoms with van der Waals surface area (Å²) in [7, 11) is 0. The van der Waals surface area contributed by atoms with Gasteiger partial charge in [-0.2, -0.15) is 0 Å². The highest BCUT2D eigenvalue weighted by molar-refractivity contribution is 6.39. The zero-order valence-electron chi connectivity index (χ0n) is 13.3. The van der Waals surface area contributed by atoms with Gasteiger partial charge in [0.05, 0.1) is 6.10 Å². The second kappa shape index (κ2) is 8.21. The van der Waals surface area contributed by atoms with Crippen molar-refractivity contribution in [3.05, 3.63) is 65.5 Å². The van der Waals surface area contributed by atoms with E-state index < -0.39 is 23.7 Å². The molecule has 0 bridgehead atoms. The van der Waals surface area contributed by atoms with E-state index in [4.69, 9.17) is 0 Å². The number of hydrogen-bond acceptors (Lipinski definition) is 3. The Hall–Kier alpha value is -2.73. The van der Waals surface area contributed by atoms with Gasteiger partial charge in [0.15, 0.2) is 0 Å². The highest BCUT2D eigenvalue weighted by Crippen LogP contribution is 2.15. The predicted molar refractivity (Wildman–Crippen MR) is 88.8 cm³/mol. The van der Waals surface area contributed by atoms with Crippen LogP contribution in [-0.4, -0.2) is 23.5 Å². The van der Waals surface area contributed by atoms with Crippen molar-refractivity contribution in [1.29, 1.82) is 0 Å². The maximum atomic E-state index is 13.4. The Balaban J connectivity index is 1.79. The molecule has 0 saturated carbocycles. The molecule has 2 aromatic carbocycles. The number of anilines is 1. The molecule has 0 aliphatic rings. The van der Waals surface area contributed by atoms with Gasteiger partial charge in [-0.05, 0) is 36.6 Å². The van der Waals surface area contributed by atoms with Crippen LogP contribution in [0.4, 0.5) is 10.1 Å². The fraction of sp³-hybridized carbons (Fsp3) is 0.222. The van der Waals surface area contributed by atoms with Gasteiger partial charge in [0.25, 0.3) is 0 Å². The maximum absolute atomic E-state index is 13.4. The summed E-state index contributed by atoms with van der Waals surface area (Å²) in [6, 6.07) is 13.2. The minimum absolute atomic E-state index is 0.143. The molecule has 2 aromatic rings. The topological polar surface area (TPSA) is 78.4 Å². The molecule has 0 spiro atoms. The van der Waals surface area contributed by atoms with Crippen LogP contribution in [0, 0.1) is 12.7 Å². The number of aliphatic hydroxyl groups is 1. The number of halogens is 1. The van der Waals surface area contributed by atoms with Crippen molar-refractivity contribution < 1.29 is 19.1 Å². The molecule has 5 nitrogen and oxygen atoms in total. The van der Waals surface area contributed by atoms with Gasteiger partial charge in [-0.1, -0.05) is 36.4 Å². The average molecular weight is 330 g/mol. The summed E-state index contributed by atoms with van der Waals surface area (Å²) in [4.78, 5) is 23.5. The predicted octanol–water partition coefficient (Wildman–Crippen LogP) is 2.31. The summed E-state index contributed by atoms with van der Waals surface area (Å²) in [6.07, 6.45) is -0.442. The van der Waals surface area contributed by atoms with Crippen molar-refractivity contribution in [2.45, 2.75) is 19.4 Å². The molecule has 2 rings (SSSR count). The van der Waals surface area contributed by atoms with Crippen molar-refractivity contribution in [1.82, 2.24) is 5.32 Å². The van der Waals surface area contributed by atoms with Crippen LogP contribution in [-0.2, 0) is 9.59 Å². The minimum Gasteiger partial charge on any atom is -0.388 e. The largest absolute Gasteiger partial charge is 0.388 e. The number of rotatable bonds is 5. The van der Waals surface area contributed by atoms with Crippen LogP contribution in [0.3, 0.4) is 0 Å². The Labute approximate surface area is 139 Å². The van der Waals surface area contributed by atoms with Gasteiger partial charge in [0.2, 0.25) is 0 Å². The van der Waals surface area contributed by atoms with Crippen LogP contribution >= 0.6 is 0 Å². The second-order valence-electron chi connectivity index (χ2n) is 5.39. The van der Waals surface area contributed by atoms with Crippen LogP contribution in [0.25, 0.3) is 0 Å². The van der Waals surface area contributed by atoms with Gasteiger partial charge in [-0.3, -0.25) is 9.59 Å². The Kier molecular flexibility index (Phi) is 6.03. The van der Waals surface area contributed by atoms with Gasteiger partial charge in [-0.15, -0.1) is 0 Å². The molecule has 0 radical (unpaired) electrons. The molecule has 0 aliphatic heterocycles. The Morgan fingerprint density at radius 3 is 2.50 bits per heavy atom. The highest BCUT2D eigenvalue weighted by atomic mass is 19.1. The Morgan fingerprint density at radius 2 is 1.83 bits per heavy atom. The number of aryl methyl sites for hydroxylation is 1. The number of nitrogens with one attached hydrogen (secondary N) is 2. The molecule has 0 aromatic heterocycles. The summed E-state index contributed by atoms with van der Waals surface area (Å²) < 4.78 is 13.4. The Bertz CT molecular complexity index is 719. The van der Waals surface area contributed by atoms with E-state index in [-0.39, 0.29) is 18.7 Å². The van der Waals surface area contributed by atoms with Gasteiger partial charge >= 0.3 is 11.8 Å². The van der Waals surface area contributed by atoms with E-state index in [1.165, 1.54) is 12.1 Å². The lowest BCUT2D eigenvalue weighted by atomic mass is 10.1. The lowest BCUT2D eigenvalue weighted by molar-refractivity contribution is -0.136. The molecule has 2 amide bonds. The standard InChI is InChI=1S/C18H19FN2O3/c1-12-7-8-14(11-15(12)19)21-18(24)17(23)20-10-9-16(22)13-5-3-2-4-6-13/h2-8,11,16,22H,9-10H2,1H3,(H,20,23)(H,21,24)/t16-/m1/s1. The van der Waals surface area contributed by atoms with Gasteiger partial charge < -0.3 is 15.7 Å². The first-order valence-corrected chi connectivity index (χ1v) is 7.55. The zero-order chi connectivity index (χ0) is 17.5. The van der Waals surface area contributed by atoms with Crippen LogP contribution in [0.5, 0.6) is 0 Å². The van der Waals surface area contributed by atoms with E-state index in [0.717, 1.165) is 11.6 Å². The minimum atomic E-state index is -0.882. The fourth-order valence-corrected chi connectivity index (χ4v) is 2.10. The third-order valence-electron chi connectivity index (χ3n) is 3.52. The molecule has 126 valence electrons. The van der Waals surface area contributed by atoms with Crippen molar-refractivity contribution in [2.24, 2.45) is 0 Å². The van der Waals surface area contributed by atoms with E-state index in [0.29, 0.717) is 5.56 Å². The lowest BCUT2D eigenvalue weighted by Crippen LogP contribution is -2.36. The monoisotopic (exact) mass is 330 g/mol. The third-order valence-corrected chi connectivity index (χ3v) is 3.52. The van der Waals surface area contributed by atoms with E-state index in [1.54, 1.807) is 19.1 Å². The fourth-order valence-electron chi connectivity index (χ4n) is 2.10. The number of aliphatic hydroxyl groups excluding tert-OH is 1. The van der Waals surface area contributed by atoms with Crippen molar-refractivity contribution in [3.63, 3.8) is 0 Å². The van der Waals surface area contributed by atoms with E-state index in [9.17, 15) is 19.1 Å². The first kappa shape index (κ1) is 17.6. The summed E-state index contributed by atoms with van der Waals surface area (Å²) >= 11 is 0. The summed E-state index contributed by atoms with van der Waals surface area (Å²) in [6.45, 7) is 1.75. The molecule has 1 atom stereocenters. The van der Waals surface area contributed by atoms with Gasteiger partial charge in [-0.25, -0.2) is 4.39 Å². The Morgan fingerprint density at radius 1 is 1.12 bits per heavy atom. The van der Waals surface area contributed by atoms with Crippen molar-refractivity contribution in [2.75, 3.05) is 11.9 Å². The summed E-state index contributed by atoms with van der Waals surface area (Å²) in [5.74, 6) is -2.18. The lowest BCUT2D eigenvalue weighted by Gasteiger charge is -2.11. The smallest absolute Gasteiger partial charge is 0.313 e. The van der Waals surface area contributed by atoms with Crippen LogP contribution in [0.15, 0.2) is 48.5 Å². The van der Waals surface area contributed by atoms with E-state index >= 15 is 0 Å². The quantitative estimate of drug-likeness (QED) is 0.736. The van der Waals surface area contributed by atoms with E-state index in [2.05, 4.69) is 10.6 Å². The number of carbonyl (C=O) groups is 2. The third kappa shape index (κ3) is 4.89. The highest BCUT2D eigenvalue weighted by Gasteiger charge is 2.15. The SMILES string of the molecule is Cc1ccc(NC(=O)C(=O)NCC[C@@H](O)c2ccccc2)cc1F. The average Bonchev–Trinajstić information content (AvgIpc) is 2.58. The number of hydrogen-bond donors (Lipinski definition) is 3. The zero-order valence-corrected chi connectivity index (χ0v) is 13.3. The van der Waals surface area contributed by atoms with Crippen LogP contribution < -0.4 is 10.6 Å². The summed E-state index contributed by atoms with van der Waals surface area (Å²) in [5.41, 5.74) is 1.40. The first-order valence-electron chi connectivity index (χ1n) is 7.55. The molecule has 24 heavy (non-hydrogen) atoms. The van der Waals surface area contributed by atoms with Crippen molar-refractivity contribution >= 4 is 17.5 Å². The molecular formula is C18H19FN2O3. The molecule has 0 fully saturated rings. The van der Waals surface area contributed by atoms with Crippen LogP contribution in [0.1, 0.15) is 23.7 Å². The van der Waals surface area contributed by atoms with Crippen LogP contribution in [0.2, 0.25) is 0 Å². The molecule has 0 unspecified atom stereocenters. The second-order valence-corrected chi connectivity index (χ2v) is 5.39. The molecule has 0 saturated heterocycles. The number of amides is 2. The molecule has 6 heteroatoms. The molecule has 0 aliphatic carbocycles. The number of carbonyl (C=O) groups excluding carboxylic acids is 2. The maximum Gasteiger partial charge on any atom is 0.313 e.